The van der Waals surface area contributed by atoms with Crippen molar-refractivity contribution in [3.63, 3.8) is 0 Å². The Kier molecular flexibility index (Phi) is 7.33. The van der Waals surface area contributed by atoms with Crippen molar-refractivity contribution < 1.29 is 17.9 Å². The van der Waals surface area contributed by atoms with Crippen LogP contribution in [0.1, 0.15) is 5.56 Å². The number of amides is 1. The number of sulfonamides is 1. The van der Waals surface area contributed by atoms with Crippen molar-refractivity contribution in [2.75, 3.05) is 16.6 Å². The van der Waals surface area contributed by atoms with E-state index in [0.29, 0.717) is 32.2 Å². The van der Waals surface area contributed by atoms with Crippen LogP contribution in [-0.2, 0) is 14.8 Å². The minimum Gasteiger partial charge on any atom is -0.484 e. The van der Waals surface area contributed by atoms with Gasteiger partial charge in [0.15, 0.2) is 6.61 Å². The van der Waals surface area contributed by atoms with Gasteiger partial charge in [-0.05, 0) is 67.1 Å². The van der Waals surface area contributed by atoms with Gasteiger partial charge in [-0.3, -0.25) is 9.52 Å². The number of benzene rings is 3. The van der Waals surface area contributed by atoms with E-state index >= 15 is 0 Å². The first-order valence-electron chi connectivity index (χ1n) is 8.91. The molecule has 0 bridgehead atoms. The fourth-order valence-electron chi connectivity index (χ4n) is 2.51. The molecule has 3 rings (SSSR count). The van der Waals surface area contributed by atoms with Gasteiger partial charge in [0, 0.05) is 10.0 Å². The SMILES string of the molecule is Cc1ccc(NS(=O)(=O)c2ccc(OCC(=O)Nc3ccc(Cl)cc3Cl)cc2)cc1Cl. The molecule has 1 amide bonds. The quantitative estimate of drug-likeness (QED) is 0.432. The largest absolute Gasteiger partial charge is 0.484 e. The Morgan fingerprint density at radius 1 is 0.935 bits per heavy atom. The second-order valence-electron chi connectivity index (χ2n) is 6.50. The van der Waals surface area contributed by atoms with Gasteiger partial charge in [-0.2, -0.15) is 0 Å². The Hall–Kier alpha value is -2.45. The summed E-state index contributed by atoms with van der Waals surface area (Å²) >= 11 is 17.9. The minimum absolute atomic E-state index is 0.0361. The van der Waals surface area contributed by atoms with Gasteiger partial charge in [0.1, 0.15) is 5.75 Å². The number of carbonyl (C=O) groups is 1. The zero-order valence-corrected chi connectivity index (χ0v) is 19.2. The predicted molar refractivity (Wildman–Crippen MR) is 124 cm³/mol. The van der Waals surface area contributed by atoms with Crippen molar-refractivity contribution >= 4 is 62.1 Å². The van der Waals surface area contributed by atoms with Crippen LogP contribution in [0.25, 0.3) is 0 Å². The van der Waals surface area contributed by atoms with Crippen molar-refractivity contribution in [2.45, 2.75) is 11.8 Å². The second kappa shape index (κ2) is 9.78. The fourth-order valence-corrected chi connectivity index (χ4v) is 4.20. The molecule has 0 aliphatic rings. The molecule has 0 heterocycles. The average molecular weight is 500 g/mol. The topological polar surface area (TPSA) is 84.5 Å². The van der Waals surface area contributed by atoms with Crippen LogP contribution in [-0.4, -0.2) is 20.9 Å². The molecule has 0 atom stereocenters. The first-order valence-corrected chi connectivity index (χ1v) is 11.5. The Morgan fingerprint density at radius 3 is 2.29 bits per heavy atom. The van der Waals surface area contributed by atoms with Gasteiger partial charge < -0.3 is 10.1 Å². The van der Waals surface area contributed by atoms with Crippen LogP contribution >= 0.6 is 34.8 Å². The van der Waals surface area contributed by atoms with Crippen LogP contribution in [0.2, 0.25) is 15.1 Å². The lowest BCUT2D eigenvalue weighted by Gasteiger charge is -2.11. The van der Waals surface area contributed by atoms with Crippen LogP contribution in [0.4, 0.5) is 11.4 Å². The third kappa shape index (κ3) is 6.27. The lowest BCUT2D eigenvalue weighted by Crippen LogP contribution is -2.20. The smallest absolute Gasteiger partial charge is 0.262 e. The van der Waals surface area contributed by atoms with Crippen molar-refractivity contribution in [1.29, 1.82) is 0 Å². The van der Waals surface area contributed by atoms with E-state index in [1.54, 1.807) is 24.3 Å². The number of hydrogen-bond acceptors (Lipinski definition) is 4. The first-order chi connectivity index (χ1) is 14.6. The number of aryl methyl sites for hydroxylation is 1. The molecule has 3 aromatic rings. The highest BCUT2D eigenvalue weighted by Gasteiger charge is 2.15. The summed E-state index contributed by atoms with van der Waals surface area (Å²) < 4.78 is 33.0. The molecule has 10 heteroatoms. The van der Waals surface area contributed by atoms with E-state index < -0.39 is 15.9 Å². The average Bonchev–Trinajstić information content (AvgIpc) is 2.71. The van der Waals surface area contributed by atoms with E-state index in [1.807, 2.05) is 6.92 Å². The summed E-state index contributed by atoms with van der Waals surface area (Å²) in [5.41, 5.74) is 1.60. The molecule has 0 spiro atoms. The van der Waals surface area contributed by atoms with Gasteiger partial charge in [-0.25, -0.2) is 8.42 Å². The van der Waals surface area contributed by atoms with Gasteiger partial charge >= 0.3 is 0 Å². The van der Waals surface area contributed by atoms with Crippen molar-refractivity contribution in [2.24, 2.45) is 0 Å². The summed E-state index contributed by atoms with van der Waals surface area (Å²) in [5.74, 6) is -0.103. The lowest BCUT2D eigenvalue weighted by atomic mass is 10.2. The molecule has 0 aliphatic carbocycles. The molecular weight excluding hydrogens is 483 g/mol. The van der Waals surface area contributed by atoms with Crippen LogP contribution in [0.15, 0.2) is 65.6 Å². The number of carbonyl (C=O) groups excluding carboxylic acids is 1. The summed E-state index contributed by atoms with van der Waals surface area (Å²) in [6.07, 6.45) is 0. The maximum absolute atomic E-state index is 12.6. The molecule has 2 N–H and O–H groups in total. The van der Waals surface area contributed by atoms with E-state index in [4.69, 9.17) is 39.5 Å². The van der Waals surface area contributed by atoms with E-state index in [-0.39, 0.29) is 11.5 Å². The number of anilines is 2. The molecule has 6 nitrogen and oxygen atoms in total. The van der Waals surface area contributed by atoms with E-state index in [9.17, 15) is 13.2 Å². The molecule has 0 aromatic heterocycles. The van der Waals surface area contributed by atoms with Gasteiger partial charge in [0.2, 0.25) is 0 Å². The second-order valence-corrected chi connectivity index (χ2v) is 9.44. The number of halogens is 3. The maximum Gasteiger partial charge on any atom is 0.262 e. The Bertz CT molecular complexity index is 1220. The summed E-state index contributed by atoms with van der Waals surface area (Å²) in [6.45, 7) is 1.54. The maximum atomic E-state index is 12.6. The van der Waals surface area contributed by atoms with Gasteiger partial charge in [-0.15, -0.1) is 0 Å². The van der Waals surface area contributed by atoms with Crippen molar-refractivity contribution in [1.82, 2.24) is 0 Å². The zero-order valence-electron chi connectivity index (χ0n) is 16.2. The van der Waals surface area contributed by atoms with Crippen LogP contribution < -0.4 is 14.8 Å². The van der Waals surface area contributed by atoms with Crippen LogP contribution in [0.5, 0.6) is 5.75 Å². The number of nitrogens with one attached hydrogen (secondary N) is 2. The summed E-state index contributed by atoms with van der Waals surface area (Å²) in [5, 5.41) is 3.82. The third-order valence-electron chi connectivity index (χ3n) is 4.13. The minimum atomic E-state index is -3.81. The molecule has 0 fully saturated rings. The highest BCUT2D eigenvalue weighted by molar-refractivity contribution is 7.92. The van der Waals surface area contributed by atoms with E-state index in [0.717, 1.165) is 5.56 Å². The van der Waals surface area contributed by atoms with Gasteiger partial charge in [0.25, 0.3) is 15.9 Å². The normalized spacial score (nSPS) is 11.1. The molecule has 0 aliphatic heterocycles. The molecule has 0 saturated carbocycles. The summed E-state index contributed by atoms with van der Waals surface area (Å²) in [7, 11) is -3.81. The Morgan fingerprint density at radius 2 is 1.65 bits per heavy atom. The number of hydrogen-bond donors (Lipinski definition) is 2. The van der Waals surface area contributed by atoms with Crippen molar-refractivity contribution in [3.05, 3.63) is 81.3 Å². The fraction of sp³-hybridized carbons (Fsp3) is 0.0952. The third-order valence-corrected chi connectivity index (χ3v) is 6.49. The Labute approximate surface area is 195 Å². The van der Waals surface area contributed by atoms with Crippen LogP contribution in [0.3, 0.4) is 0 Å². The molecule has 3 aromatic carbocycles. The molecule has 0 radical (unpaired) electrons. The highest BCUT2D eigenvalue weighted by atomic mass is 35.5. The molecule has 31 heavy (non-hydrogen) atoms. The van der Waals surface area contributed by atoms with Crippen molar-refractivity contribution in [3.8, 4) is 5.75 Å². The predicted octanol–water partition coefficient (Wildman–Crippen LogP) is 5.77. The van der Waals surface area contributed by atoms with Gasteiger partial charge in [-0.1, -0.05) is 40.9 Å². The lowest BCUT2D eigenvalue weighted by molar-refractivity contribution is -0.118. The zero-order chi connectivity index (χ0) is 22.6. The first kappa shape index (κ1) is 23.2. The van der Waals surface area contributed by atoms with E-state index in [2.05, 4.69) is 10.0 Å². The molecule has 0 unspecified atom stereocenters. The number of ether oxygens (including phenoxy) is 1. The van der Waals surface area contributed by atoms with E-state index in [1.165, 1.54) is 36.4 Å². The monoisotopic (exact) mass is 498 g/mol. The van der Waals surface area contributed by atoms with Crippen LogP contribution in [0, 0.1) is 6.92 Å². The summed E-state index contributed by atoms with van der Waals surface area (Å²) in [4.78, 5) is 12.1. The summed E-state index contributed by atoms with van der Waals surface area (Å²) in [6, 6.07) is 15.2. The van der Waals surface area contributed by atoms with Gasteiger partial charge in [0.05, 0.1) is 21.3 Å². The molecule has 0 saturated heterocycles. The number of rotatable bonds is 7. The molecule has 162 valence electrons. The standard InChI is InChI=1S/C21H17Cl3N2O4S/c1-13-2-4-15(11-18(13)23)26-31(28,29)17-7-5-16(6-8-17)30-12-21(27)25-20-9-3-14(22)10-19(20)24/h2-11,26H,12H2,1H3,(H,25,27). The Balaban J connectivity index is 1.60. The highest BCUT2D eigenvalue weighted by Crippen LogP contribution is 2.26. The molecular formula is C21H17Cl3N2O4S.